The predicted molar refractivity (Wildman–Crippen MR) is 79.3 cm³/mol. The van der Waals surface area contributed by atoms with Gasteiger partial charge in [-0.15, -0.1) is 0 Å². The molecule has 0 atom stereocenters. The van der Waals surface area contributed by atoms with E-state index in [0.717, 1.165) is 30.0 Å². The molecule has 0 amide bonds. The molecule has 1 aromatic carbocycles. The van der Waals surface area contributed by atoms with Crippen molar-refractivity contribution in [3.63, 3.8) is 0 Å². The number of rotatable bonds is 7. The van der Waals surface area contributed by atoms with Gasteiger partial charge < -0.3 is 14.2 Å². The van der Waals surface area contributed by atoms with Crippen LogP contribution < -0.4 is 9.47 Å². The van der Waals surface area contributed by atoms with Gasteiger partial charge in [0.05, 0.1) is 12.8 Å². The van der Waals surface area contributed by atoms with Gasteiger partial charge in [-0.1, -0.05) is 19.2 Å². The van der Waals surface area contributed by atoms with Crippen molar-refractivity contribution in [2.75, 3.05) is 13.4 Å². The zero-order valence-corrected chi connectivity index (χ0v) is 11.7. The van der Waals surface area contributed by atoms with Crippen LogP contribution in [0, 0.1) is 0 Å². The molecule has 0 saturated carbocycles. The van der Waals surface area contributed by atoms with Crippen molar-refractivity contribution in [1.82, 2.24) is 0 Å². The monoisotopic (exact) mass is 273 g/mol. The summed E-state index contributed by atoms with van der Waals surface area (Å²) in [7, 11) is 0. The highest BCUT2D eigenvalue weighted by atomic mass is 16.7. The van der Waals surface area contributed by atoms with Gasteiger partial charge in [-0.2, -0.15) is 0 Å². The lowest BCUT2D eigenvalue weighted by molar-refractivity contribution is 0.174. The second-order valence-electron chi connectivity index (χ2n) is 4.60. The lowest BCUT2D eigenvalue weighted by Gasteiger charge is -2.06. The van der Waals surface area contributed by atoms with Crippen LogP contribution in [0.15, 0.2) is 47.8 Å². The minimum atomic E-state index is 0.309. The Labute approximate surface area is 119 Å². The van der Waals surface area contributed by atoms with Crippen LogP contribution in [0.3, 0.4) is 0 Å². The van der Waals surface area contributed by atoms with Crippen LogP contribution in [0.4, 0.5) is 0 Å². The van der Waals surface area contributed by atoms with Gasteiger partial charge in [-0.3, -0.25) is 4.99 Å². The Morgan fingerprint density at radius 1 is 1.35 bits per heavy atom. The molecule has 1 aliphatic rings. The average molecular weight is 273 g/mol. The molecule has 1 aliphatic heterocycles. The Bertz CT molecular complexity index is 535. The summed E-state index contributed by atoms with van der Waals surface area (Å²) in [5.74, 6) is 2.19. The highest BCUT2D eigenvalue weighted by Crippen LogP contribution is 2.32. The van der Waals surface area contributed by atoms with Crippen LogP contribution in [0.5, 0.6) is 11.5 Å². The Morgan fingerprint density at radius 3 is 2.95 bits per heavy atom. The number of nitrogens with zero attached hydrogens (tertiary/aromatic N) is 1. The number of ether oxygens (including phenoxy) is 3. The maximum atomic E-state index is 5.47. The number of benzene rings is 1. The summed E-state index contributed by atoms with van der Waals surface area (Å²) in [4.78, 5) is 4.03. The van der Waals surface area contributed by atoms with Gasteiger partial charge in [0.2, 0.25) is 6.79 Å². The first kappa shape index (κ1) is 14.2. The maximum absolute atomic E-state index is 5.47. The highest BCUT2D eigenvalue weighted by Gasteiger charge is 2.12. The molecule has 1 aromatic rings. The number of allylic oxidation sites excluding steroid dienone is 2. The molecule has 0 N–H and O–H groups in total. The fraction of sp³-hybridized carbons (Fsp3) is 0.312. The van der Waals surface area contributed by atoms with Crippen molar-refractivity contribution in [2.45, 2.75) is 19.8 Å². The van der Waals surface area contributed by atoms with E-state index in [2.05, 4.69) is 18.2 Å². The lowest BCUT2D eigenvalue weighted by Crippen LogP contribution is -1.97. The summed E-state index contributed by atoms with van der Waals surface area (Å²) in [6.07, 6.45) is 3.41. The van der Waals surface area contributed by atoms with E-state index in [1.54, 1.807) is 6.21 Å². The maximum Gasteiger partial charge on any atom is 0.231 e. The van der Waals surface area contributed by atoms with Gasteiger partial charge in [-0.25, -0.2) is 0 Å². The number of hydrogen-bond donors (Lipinski definition) is 0. The molecule has 20 heavy (non-hydrogen) atoms. The van der Waals surface area contributed by atoms with Crippen molar-refractivity contribution in [3.8, 4) is 11.5 Å². The smallest absolute Gasteiger partial charge is 0.231 e. The Morgan fingerprint density at radius 2 is 2.15 bits per heavy atom. The van der Waals surface area contributed by atoms with Gasteiger partial charge in [0.1, 0.15) is 5.76 Å². The highest BCUT2D eigenvalue weighted by molar-refractivity contribution is 5.75. The van der Waals surface area contributed by atoms with Gasteiger partial charge in [0.15, 0.2) is 11.5 Å². The van der Waals surface area contributed by atoms with Crippen molar-refractivity contribution in [2.24, 2.45) is 4.99 Å². The topological polar surface area (TPSA) is 40.0 Å². The van der Waals surface area contributed by atoms with Crippen LogP contribution in [0.1, 0.15) is 18.9 Å². The molecule has 2 rings (SSSR count). The summed E-state index contributed by atoms with van der Waals surface area (Å²) in [5, 5.41) is 0. The first-order valence-electron chi connectivity index (χ1n) is 6.55. The third kappa shape index (κ3) is 4.16. The average Bonchev–Trinajstić information content (AvgIpc) is 2.88. The molecule has 0 spiro atoms. The largest absolute Gasteiger partial charge is 0.493 e. The number of aliphatic imine (C=N–C) groups is 1. The zero-order chi connectivity index (χ0) is 14.4. The lowest BCUT2D eigenvalue weighted by atomic mass is 10.1. The van der Waals surface area contributed by atoms with Crippen LogP contribution in [-0.4, -0.2) is 19.6 Å². The van der Waals surface area contributed by atoms with Gasteiger partial charge in [-0.05, 0) is 37.5 Å². The van der Waals surface area contributed by atoms with E-state index in [1.165, 1.54) is 5.56 Å². The third-order valence-corrected chi connectivity index (χ3v) is 2.76. The zero-order valence-electron chi connectivity index (χ0n) is 11.7. The fourth-order valence-corrected chi connectivity index (χ4v) is 1.80. The molecule has 0 bridgehead atoms. The van der Waals surface area contributed by atoms with Crippen molar-refractivity contribution in [3.05, 3.63) is 48.4 Å². The summed E-state index contributed by atoms with van der Waals surface area (Å²) in [6, 6.07) is 6.00. The molecule has 0 fully saturated rings. The Kier molecular flexibility index (Phi) is 4.82. The second-order valence-corrected chi connectivity index (χ2v) is 4.60. The number of hydrogen-bond acceptors (Lipinski definition) is 4. The molecule has 4 heteroatoms. The van der Waals surface area contributed by atoms with Gasteiger partial charge in [0, 0.05) is 5.70 Å². The van der Waals surface area contributed by atoms with E-state index >= 15 is 0 Å². The number of fused-ring (bicyclic) bond motifs is 1. The van der Waals surface area contributed by atoms with Crippen molar-refractivity contribution in [1.29, 1.82) is 0 Å². The molecule has 106 valence electrons. The van der Waals surface area contributed by atoms with Gasteiger partial charge in [0.25, 0.3) is 0 Å². The van der Waals surface area contributed by atoms with Crippen LogP contribution >= 0.6 is 0 Å². The predicted octanol–water partition coefficient (Wildman–Crippen LogP) is 3.48. The number of aryl methyl sites for hydroxylation is 1. The molecule has 1 heterocycles. The SMILES string of the molecule is C=C(C)/N=C\C(=C)OCCCc1ccc2c(c1)OCO2. The van der Waals surface area contributed by atoms with E-state index in [9.17, 15) is 0 Å². The van der Waals surface area contributed by atoms with Crippen molar-refractivity contribution >= 4 is 6.21 Å². The van der Waals surface area contributed by atoms with Crippen LogP contribution in [0.2, 0.25) is 0 Å². The third-order valence-electron chi connectivity index (χ3n) is 2.76. The van der Waals surface area contributed by atoms with E-state index in [-0.39, 0.29) is 0 Å². The summed E-state index contributed by atoms with van der Waals surface area (Å²) in [6.45, 7) is 10.2. The summed E-state index contributed by atoms with van der Waals surface area (Å²) in [5.41, 5.74) is 1.94. The first-order valence-corrected chi connectivity index (χ1v) is 6.55. The van der Waals surface area contributed by atoms with E-state index < -0.39 is 0 Å². The first-order chi connectivity index (χ1) is 9.65. The Balaban J connectivity index is 1.71. The molecule has 0 aromatic heterocycles. The van der Waals surface area contributed by atoms with E-state index in [0.29, 0.717) is 19.2 Å². The standard InChI is InChI=1S/C16H19NO3/c1-12(2)17-10-13(3)18-8-4-5-14-6-7-15-16(9-14)20-11-19-15/h6-7,9-10H,1,3-5,8,11H2,2H3/b17-10-. The van der Waals surface area contributed by atoms with Crippen LogP contribution in [-0.2, 0) is 11.2 Å². The minimum Gasteiger partial charge on any atom is -0.493 e. The van der Waals surface area contributed by atoms with E-state index in [1.807, 2.05) is 25.1 Å². The molecule has 4 nitrogen and oxygen atoms in total. The molecule has 0 unspecified atom stereocenters. The molecule has 0 radical (unpaired) electrons. The fourth-order valence-electron chi connectivity index (χ4n) is 1.80. The van der Waals surface area contributed by atoms with Crippen LogP contribution in [0.25, 0.3) is 0 Å². The van der Waals surface area contributed by atoms with Crippen molar-refractivity contribution < 1.29 is 14.2 Å². The second kappa shape index (κ2) is 6.80. The molecule has 0 aliphatic carbocycles. The molecular weight excluding hydrogens is 254 g/mol. The van der Waals surface area contributed by atoms with E-state index in [4.69, 9.17) is 14.2 Å². The quantitative estimate of drug-likeness (QED) is 0.434. The Hall–Kier alpha value is -2.23. The molecule has 0 saturated heterocycles. The normalized spacial score (nSPS) is 12.7. The minimum absolute atomic E-state index is 0.309. The summed E-state index contributed by atoms with van der Waals surface area (Å²) >= 11 is 0. The van der Waals surface area contributed by atoms with Gasteiger partial charge >= 0.3 is 0 Å². The summed E-state index contributed by atoms with van der Waals surface area (Å²) < 4.78 is 16.1. The molecular formula is C16H19NO3.